The zero-order valence-electron chi connectivity index (χ0n) is 10.9. The molecule has 0 radical (unpaired) electrons. The highest BCUT2D eigenvalue weighted by atomic mass is 79.9. The summed E-state index contributed by atoms with van der Waals surface area (Å²) in [7, 11) is 0. The lowest BCUT2D eigenvalue weighted by Gasteiger charge is -2.14. The molecule has 106 valence electrons. The second-order valence-electron chi connectivity index (χ2n) is 4.25. The molecule has 3 N–H and O–H groups in total. The Kier molecular flexibility index (Phi) is 4.34. The number of hydrogen-bond donors (Lipinski definition) is 2. The summed E-state index contributed by atoms with van der Waals surface area (Å²) in [6.45, 7) is 3.91. The van der Waals surface area contributed by atoms with Gasteiger partial charge in [0.05, 0.1) is 11.4 Å². The average molecular weight is 357 g/mol. The second kappa shape index (κ2) is 5.84. The fourth-order valence-electron chi connectivity index (χ4n) is 1.97. The highest BCUT2D eigenvalue weighted by Gasteiger charge is 2.17. The number of nitrogens with two attached hydrogens (primary N) is 1. The van der Waals surface area contributed by atoms with Crippen LogP contribution in [0.3, 0.4) is 0 Å². The van der Waals surface area contributed by atoms with Gasteiger partial charge in [-0.2, -0.15) is 0 Å². The number of carbonyl (C=O) groups is 1. The van der Waals surface area contributed by atoms with Crippen LogP contribution in [-0.2, 0) is 4.79 Å². The number of aliphatic carboxylic acids is 1. The van der Waals surface area contributed by atoms with Crippen LogP contribution in [0.1, 0.15) is 11.1 Å². The molecule has 0 amide bonds. The first kappa shape index (κ1) is 14.9. The minimum Gasteiger partial charge on any atom is -0.481 e. The maximum atomic E-state index is 10.7. The number of carboxylic acids is 1. The van der Waals surface area contributed by atoms with Crippen LogP contribution in [0.4, 0.5) is 5.95 Å². The normalized spacial score (nSPS) is 10.8. The number of thioether (sulfide) groups is 1. The van der Waals surface area contributed by atoms with Gasteiger partial charge in [-0.1, -0.05) is 27.7 Å². The molecule has 2 rings (SSSR count). The highest BCUT2D eigenvalue weighted by molar-refractivity contribution is 9.10. The van der Waals surface area contributed by atoms with Gasteiger partial charge in [0, 0.05) is 4.47 Å². The van der Waals surface area contributed by atoms with E-state index in [1.54, 1.807) is 4.57 Å². The molecule has 6 nitrogen and oxygen atoms in total. The van der Waals surface area contributed by atoms with E-state index in [0.717, 1.165) is 33.0 Å². The number of anilines is 1. The number of carboxylic acid groups (broad SMARTS) is 1. The van der Waals surface area contributed by atoms with Gasteiger partial charge in [-0.3, -0.25) is 9.36 Å². The van der Waals surface area contributed by atoms with Crippen molar-refractivity contribution in [3.05, 3.63) is 27.7 Å². The molecular weight excluding hydrogens is 344 g/mol. The molecule has 0 atom stereocenters. The molecule has 0 bridgehead atoms. The molecule has 1 heterocycles. The van der Waals surface area contributed by atoms with Gasteiger partial charge in [-0.15, -0.1) is 10.2 Å². The van der Waals surface area contributed by atoms with Crippen LogP contribution >= 0.6 is 27.7 Å². The SMILES string of the molecule is Cc1cc(Br)cc(C)c1-n1c(N)nnc1SCC(=O)O. The second-order valence-corrected chi connectivity index (χ2v) is 6.10. The Balaban J connectivity index is 2.52. The van der Waals surface area contributed by atoms with E-state index >= 15 is 0 Å². The summed E-state index contributed by atoms with van der Waals surface area (Å²) in [5.41, 5.74) is 8.75. The Morgan fingerprint density at radius 3 is 2.55 bits per heavy atom. The van der Waals surface area contributed by atoms with Gasteiger partial charge < -0.3 is 10.8 Å². The largest absolute Gasteiger partial charge is 0.481 e. The third-order valence-electron chi connectivity index (χ3n) is 2.66. The lowest BCUT2D eigenvalue weighted by atomic mass is 10.1. The molecule has 0 saturated carbocycles. The van der Waals surface area contributed by atoms with Crippen molar-refractivity contribution >= 4 is 39.6 Å². The van der Waals surface area contributed by atoms with Gasteiger partial charge in [0.2, 0.25) is 5.95 Å². The van der Waals surface area contributed by atoms with Crippen molar-refractivity contribution in [1.29, 1.82) is 0 Å². The van der Waals surface area contributed by atoms with E-state index in [1.165, 1.54) is 0 Å². The van der Waals surface area contributed by atoms with Crippen LogP contribution in [0.25, 0.3) is 5.69 Å². The molecule has 8 heteroatoms. The molecule has 0 unspecified atom stereocenters. The molecule has 0 aliphatic heterocycles. The molecular formula is C12H13BrN4O2S. The maximum Gasteiger partial charge on any atom is 0.313 e. The number of rotatable bonds is 4. The van der Waals surface area contributed by atoms with Crippen molar-refractivity contribution in [2.24, 2.45) is 0 Å². The van der Waals surface area contributed by atoms with Crippen molar-refractivity contribution < 1.29 is 9.90 Å². The molecule has 0 aliphatic rings. The van der Waals surface area contributed by atoms with Crippen LogP contribution in [0.15, 0.2) is 21.8 Å². The molecule has 20 heavy (non-hydrogen) atoms. The summed E-state index contributed by atoms with van der Waals surface area (Å²) in [6, 6.07) is 3.93. The van der Waals surface area contributed by atoms with E-state index < -0.39 is 5.97 Å². The summed E-state index contributed by atoms with van der Waals surface area (Å²) in [5.74, 6) is -0.758. The summed E-state index contributed by atoms with van der Waals surface area (Å²) in [5, 5.41) is 17.0. The van der Waals surface area contributed by atoms with Gasteiger partial charge >= 0.3 is 5.97 Å². The Labute approximate surface area is 128 Å². The summed E-state index contributed by atoms with van der Waals surface area (Å²) < 4.78 is 2.66. The van der Waals surface area contributed by atoms with Crippen LogP contribution in [0.5, 0.6) is 0 Å². The zero-order chi connectivity index (χ0) is 14.9. The number of halogens is 1. The third kappa shape index (κ3) is 2.96. The number of nitrogen functional groups attached to an aromatic ring is 1. The van der Waals surface area contributed by atoms with Gasteiger partial charge in [0.1, 0.15) is 0 Å². The van der Waals surface area contributed by atoms with Crippen molar-refractivity contribution in [1.82, 2.24) is 14.8 Å². The first-order chi connectivity index (χ1) is 9.40. The predicted molar refractivity (Wildman–Crippen MR) is 81.3 cm³/mol. The van der Waals surface area contributed by atoms with E-state index in [1.807, 2.05) is 26.0 Å². The Bertz CT molecular complexity index is 648. The fourth-order valence-corrected chi connectivity index (χ4v) is 3.32. The lowest BCUT2D eigenvalue weighted by Crippen LogP contribution is -2.07. The number of hydrogen-bond acceptors (Lipinski definition) is 5. The van der Waals surface area contributed by atoms with E-state index in [4.69, 9.17) is 10.8 Å². The van der Waals surface area contributed by atoms with Crippen molar-refractivity contribution in [2.75, 3.05) is 11.5 Å². The Morgan fingerprint density at radius 2 is 2.00 bits per heavy atom. The van der Waals surface area contributed by atoms with Crippen molar-refractivity contribution in [2.45, 2.75) is 19.0 Å². The summed E-state index contributed by atoms with van der Waals surface area (Å²) in [6.07, 6.45) is 0. The quantitative estimate of drug-likeness (QED) is 0.816. The van der Waals surface area contributed by atoms with Crippen LogP contribution in [0, 0.1) is 13.8 Å². The first-order valence-corrected chi connectivity index (χ1v) is 7.50. The topological polar surface area (TPSA) is 94.0 Å². The van der Waals surface area contributed by atoms with Crippen LogP contribution < -0.4 is 5.73 Å². The summed E-state index contributed by atoms with van der Waals surface area (Å²) >= 11 is 4.53. The number of aromatic nitrogens is 3. The highest BCUT2D eigenvalue weighted by Crippen LogP contribution is 2.29. The monoisotopic (exact) mass is 356 g/mol. The minimum absolute atomic E-state index is 0.0905. The Morgan fingerprint density at radius 1 is 1.40 bits per heavy atom. The van der Waals surface area contributed by atoms with E-state index in [0.29, 0.717) is 5.16 Å². The molecule has 2 aromatic rings. The zero-order valence-corrected chi connectivity index (χ0v) is 13.3. The van der Waals surface area contributed by atoms with Crippen molar-refractivity contribution in [3.8, 4) is 5.69 Å². The van der Waals surface area contributed by atoms with Gasteiger partial charge in [0.25, 0.3) is 0 Å². The van der Waals surface area contributed by atoms with Crippen LogP contribution in [0.2, 0.25) is 0 Å². The van der Waals surface area contributed by atoms with Crippen LogP contribution in [-0.4, -0.2) is 31.6 Å². The standard InChI is InChI=1S/C12H13BrN4O2S/c1-6-3-8(13)4-7(2)10(6)17-11(14)15-16-12(17)20-5-9(18)19/h3-4H,5H2,1-2H3,(H2,14,15)(H,18,19). The van der Waals surface area contributed by atoms with Gasteiger partial charge in [-0.25, -0.2) is 0 Å². The van der Waals surface area contributed by atoms with Crippen molar-refractivity contribution in [3.63, 3.8) is 0 Å². The molecule has 1 aromatic carbocycles. The Hall–Kier alpha value is -1.54. The molecule has 0 spiro atoms. The number of aryl methyl sites for hydroxylation is 2. The van der Waals surface area contributed by atoms with Gasteiger partial charge in [-0.05, 0) is 37.1 Å². The molecule has 1 aromatic heterocycles. The van der Waals surface area contributed by atoms with E-state index in [9.17, 15) is 4.79 Å². The smallest absolute Gasteiger partial charge is 0.313 e. The predicted octanol–water partition coefficient (Wildman–Crippen LogP) is 2.41. The third-order valence-corrected chi connectivity index (χ3v) is 4.03. The molecule has 0 fully saturated rings. The lowest BCUT2D eigenvalue weighted by molar-refractivity contribution is -0.133. The maximum absolute atomic E-state index is 10.7. The molecule has 0 saturated heterocycles. The average Bonchev–Trinajstić information content (AvgIpc) is 2.67. The summed E-state index contributed by atoms with van der Waals surface area (Å²) in [4.78, 5) is 10.7. The van der Waals surface area contributed by atoms with E-state index in [-0.39, 0.29) is 11.7 Å². The number of benzene rings is 1. The minimum atomic E-state index is -0.910. The fraction of sp³-hybridized carbons (Fsp3) is 0.250. The van der Waals surface area contributed by atoms with E-state index in [2.05, 4.69) is 26.1 Å². The molecule has 0 aliphatic carbocycles. The first-order valence-electron chi connectivity index (χ1n) is 5.72. The van der Waals surface area contributed by atoms with Gasteiger partial charge in [0.15, 0.2) is 5.16 Å². The number of nitrogens with zero attached hydrogens (tertiary/aromatic N) is 3.